The van der Waals surface area contributed by atoms with Crippen molar-refractivity contribution in [2.45, 2.75) is 11.3 Å². The molecule has 0 bridgehead atoms. The summed E-state index contributed by atoms with van der Waals surface area (Å²) in [6, 6.07) is 7.64. The third-order valence-corrected chi connectivity index (χ3v) is 3.58. The van der Waals surface area contributed by atoms with Crippen molar-refractivity contribution in [1.29, 1.82) is 0 Å². The van der Waals surface area contributed by atoms with Crippen LogP contribution in [-0.4, -0.2) is 11.5 Å². The fourth-order valence-corrected chi connectivity index (χ4v) is 2.72. The molecular weight excluding hydrogens is 170 g/mol. The SMILES string of the molecule is N[S+]1CCC(=O)c2ccccc21. The average Bonchev–Trinajstić information content (AvgIpc) is 2.12. The van der Waals surface area contributed by atoms with Crippen molar-refractivity contribution in [3.8, 4) is 0 Å². The van der Waals surface area contributed by atoms with E-state index >= 15 is 0 Å². The molecule has 0 amide bonds. The Balaban J connectivity index is 2.55. The molecule has 3 heteroatoms. The third kappa shape index (κ3) is 1.15. The van der Waals surface area contributed by atoms with Gasteiger partial charge in [-0.25, -0.2) is 0 Å². The van der Waals surface area contributed by atoms with Crippen LogP contribution in [0.4, 0.5) is 0 Å². The van der Waals surface area contributed by atoms with Gasteiger partial charge in [0.25, 0.3) is 0 Å². The monoisotopic (exact) mass is 180 g/mol. The van der Waals surface area contributed by atoms with Gasteiger partial charge >= 0.3 is 0 Å². The van der Waals surface area contributed by atoms with Gasteiger partial charge in [0.15, 0.2) is 10.7 Å². The van der Waals surface area contributed by atoms with Gasteiger partial charge in [0.1, 0.15) is 16.8 Å². The van der Waals surface area contributed by atoms with Gasteiger partial charge in [0, 0.05) is 0 Å². The lowest BCUT2D eigenvalue weighted by molar-refractivity contribution is 0.0984. The lowest BCUT2D eigenvalue weighted by atomic mass is 10.1. The number of ketones is 1. The molecule has 0 saturated heterocycles. The van der Waals surface area contributed by atoms with E-state index in [-0.39, 0.29) is 16.9 Å². The van der Waals surface area contributed by atoms with E-state index in [0.717, 1.165) is 16.2 Å². The molecule has 0 saturated carbocycles. The number of fused-ring (bicyclic) bond motifs is 1. The molecule has 2 rings (SSSR count). The molecule has 1 aromatic rings. The van der Waals surface area contributed by atoms with E-state index in [9.17, 15) is 4.79 Å². The quantitative estimate of drug-likeness (QED) is 0.608. The number of hydrogen-bond acceptors (Lipinski definition) is 2. The Bertz CT molecular complexity index is 324. The summed E-state index contributed by atoms with van der Waals surface area (Å²) in [5.74, 6) is 1.05. The molecule has 1 atom stereocenters. The summed E-state index contributed by atoms with van der Waals surface area (Å²) in [5.41, 5.74) is 0.828. The summed E-state index contributed by atoms with van der Waals surface area (Å²) in [6.45, 7) is 0. The number of rotatable bonds is 0. The maximum absolute atomic E-state index is 11.4. The highest BCUT2D eigenvalue weighted by Gasteiger charge is 2.30. The van der Waals surface area contributed by atoms with Crippen LogP contribution in [0.2, 0.25) is 0 Å². The molecule has 62 valence electrons. The predicted octanol–water partition coefficient (Wildman–Crippen LogP) is 1.12. The number of benzene rings is 1. The predicted molar refractivity (Wildman–Crippen MR) is 50.1 cm³/mol. The fourth-order valence-electron chi connectivity index (χ4n) is 1.37. The van der Waals surface area contributed by atoms with Crippen LogP contribution in [0.5, 0.6) is 0 Å². The third-order valence-electron chi connectivity index (χ3n) is 2.02. The maximum Gasteiger partial charge on any atom is 0.186 e. The molecule has 1 unspecified atom stereocenters. The lowest BCUT2D eigenvalue weighted by Gasteiger charge is -2.11. The summed E-state index contributed by atoms with van der Waals surface area (Å²) in [7, 11) is 0. The minimum atomic E-state index is -0.207. The van der Waals surface area contributed by atoms with Crippen LogP contribution in [-0.2, 0) is 11.1 Å². The molecule has 1 aliphatic rings. The largest absolute Gasteiger partial charge is 0.294 e. The molecule has 0 aliphatic carbocycles. The van der Waals surface area contributed by atoms with Crippen molar-refractivity contribution >= 4 is 16.9 Å². The number of hydrogen-bond donors (Lipinski definition) is 1. The van der Waals surface area contributed by atoms with Crippen molar-refractivity contribution in [2.75, 3.05) is 5.75 Å². The summed E-state index contributed by atoms with van der Waals surface area (Å²) < 4.78 is 0. The van der Waals surface area contributed by atoms with Crippen molar-refractivity contribution in [1.82, 2.24) is 0 Å². The van der Waals surface area contributed by atoms with E-state index in [0.29, 0.717) is 6.42 Å². The van der Waals surface area contributed by atoms with Gasteiger partial charge in [-0.15, -0.1) is 5.14 Å². The van der Waals surface area contributed by atoms with Crippen LogP contribution in [0.15, 0.2) is 29.2 Å². The van der Waals surface area contributed by atoms with Crippen LogP contribution >= 0.6 is 0 Å². The van der Waals surface area contributed by atoms with Crippen molar-refractivity contribution < 1.29 is 4.79 Å². The smallest absolute Gasteiger partial charge is 0.186 e. The molecule has 1 heterocycles. The summed E-state index contributed by atoms with van der Waals surface area (Å²) in [5, 5.41) is 5.88. The van der Waals surface area contributed by atoms with E-state index in [1.54, 1.807) is 0 Å². The minimum absolute atomic E-state index is 0.207. The number of Topliss-reactive ketones (excluding diaryl/α,β-unsaturated/α-hetero) is 1. The molecular formula is C9H10NOS+. The Morgan fingerprint density at radius 3 is 2.83 bits per heavy atom. The summed E-state index contributed by atoms with van der Waals surface area (Å²) in [6.07, 6.45) is 0.608. The molecule has 0 spiro atoms. The van der Waals surface area contributed by atoms with Crippen LogP contribution < -0.4 is 5.14 Å². The Morgan fingerprint density at radius 1 is 1.33 bits per heavy atom. The topological polar surface area (TPSA) is 43.1 Å². The van der Waals surface area contributed by atoms with Crippen LogP contribution in [0.1, 0.15) is 16.8 Å². The van der Waals surface area contributed by atoms with Crippen LogP contribution in [0, 0.1) is 0 Å². The van der Waals surface area contributed by atoms with Gasteiger partial charge in [0.2, 0.25) is 0 Å². The first-order chi connectivity index (χ1) is 5.79. The van der Waals surface area contributed by atoms with Gasteiger partial charge in [0.05, 0.1) is 12.0 Å². The Labute approximate surface area is 74.2 Å². The van der Waals surface area contributed by atoms with Gasteiger partial charge in [-0.2, -0.15) is 0 Å². The molecule has 12 heavy (non-hydrogen) atoms. The van der Waals surface area contributed by atoms with E-state index in [2.05, 4.69) is 0 Å². The second-order valence-corrected chi connectivity index (χ2v) is 4.51. The molecule has 0 radical (unpaired) electrons. The molecule has 1 aliphatic heterocycles. The molecule has 2 N–H and O–H groups in total. The van der Waals surface area contributed by atoms with Gasteiger partial charge in [-0.1, -0.05) is 12.1 Å². The Morgan fingerprint density at radius 2 is 2.08 bits per heavy atom. The Kier molecular flexibility index (Phi) is 1.90. The summed E-state index contributed by atoms with van der Waals surface area (Å²) in [4.78, 5) is 12.4. The maximum atomic E-state index is 11.4. The minimum Gasteiger partial charge on any atom is -0.294 e. The van der Waals surface area contributed by atoms with Crippen LogP contribution in [0.3, 0.4) is 0 Å². The first-order valence-electron chi connectivity index (χ1n) is 3.86. The second-order valence-electron chi connectivity index (χ2n) is 2.80. The second kappa shape index (κ2) is 2.92. The fraction of sp³-hybridized carbons (Fsp3) is 0.222. The highest BCUT2D eigenvalue weighted by atomic mass is 32.2. The van der Waals surface area contributed by atoms with Crippen molar-refractivity contribution in [3.63, 3.8) is 0 Å². The average molecular weight is 180 g/mol. The zero-order chi connectivity index (χ0) is 8.55. The molecule has 0 fully saturated rings. The Hall–Kier alpha value is -0.800. The van der Waals surface area contributed by atoms with E-state index < -0.39 is 0 Å². The number of carbonyl (C=O) groups is 1. The first kappa shape index (κ1) is 7.83. The standard InChI is InChI=1S/C9H10NOS/c10-12-6-5-8(11)7-3-1-2-4-9(7)12/h1-4H,5-6,10H2/q+1. The van der Waals surface area contributed by atoms with Crippen LogP contribution in [0.25, 0.3) is 0 Å². The van der Waals surface area contributed by atoms with Crippen molar-refractivity contribution in [3.05, 3.63) is 29.8 Å². The van der Waals surface area contributed by atoms with E-state index in [4.69, 9.17) is 5.14 Å². The molecule has 2 nitrogen and oxygen atoms in total. The van der Waals surface area contributed by atoms with Crippen molar-refractivity contribution in [2.24, 2.45) is 5.14 Å². The lowest BCUT2D eigenvalue weighted by Crippen LogP contribution is -2.27. The zero-order valence-electron chi connectivity index (χ0n) is 6.62. The van der Waals surface area contributed by atoms with E-state index in [1.807, 2.05) is 24.3 Å². The first-order valence-corrected chi connectivity index (χ1v) is 5.32. The number of carbonyl (C=O) groups excluding carboxylic acids is 1. The molecule has 1 aromatic carbocycles. The van der Waals surface area contributed by atoms with E-state index in [1.165, 1.54) is 0 Å². The molecule has 0 aromatic heterocycles. The normalized spacial score (nSPS) is 22.1. The zero-order valence-corrected chi connectivity index (χ0v) is 7.43. The van der Waals surface area contributed by atoms with Gasteiger partial charge in [-0.3, -0.25) is 4.79 Å². The van der Waals surface area contributed by atoms with Gasteiger partial charge in [-0.05, 0) is 12.1 Å². The summed E-state index contributed by atoms with van der Waals surface area (Å²) >= 11 is -0.207. The highest BCUT2D eigenvalue weighted by Crippen LogP contribution is 2.22. The number of nitrogens with two attached hydrogens (primary N) is 1. The highest BCUT2D eigenvalue weighted by molar-refractivity contribution is 7.95. The van der Waals surface area contributed by atoms with Gasteiger partial charge < -0.3 is 0 Å².